The molecule has 0 atom stereocenters. The molecule has 18 heavy (non-hydrogen) atoms. The van der Waals surface area contributed by atoms with Gasteiger partial charge in [-0.2, -0.15) is 0 Å². The summed E-state index contributed by atoms with van der Waals surface area (Å²) in [4.78, 5) is 11.7. The zero-order valence-electron chi connectivity index (χ0n) is 10.7. The van der Waals surface area contributed by atoms with Crippen LogP contribution >= 0.6 is 0 Å². The number of methoxy groups -OCH3 is 1. The first-order valence-corrected chi connectivity index (χ1v) is 6.08. The lowest BCUT2D eigenvalue weighted by molar-refractivity contribution is 0.255. The Morgan fingerprint density at radius 2 is 2.11 bits per heavy atom. The largest absolute Gasteiger partial charge is 0.495 e. The Balaban J connectivity index is 1.92. The number of benzene rings is 1. The summed E-state index contributed by atoms with van der Waals surface area (Å²) in [5, 5.41) is 5.49. The van der Waals surface area contributed by atoms with E-state index in [2.05, 4.69) is 10.6 Å². The summed E-state index contributed by atoms with van der Waals surface area (Å²) < 4.78 is 5.16. The Labute approximate surface area is 107 Å². The lowest BCUT2D eigenvalue weighted by Gasteiger charge is -2.09. The SMILES string of the molecule is COc1ccccc1NC(=O)N/C=C(\C)C1CC1. The van der Waals surface area contributed by atoms with E-state index in [1.165, 1.54) is 18.4 Å². The number of nitrogens with one attached hydrogen (secondary N) is 2. The van der Waals surface area contributed by atoms with Crippen LogP contribution in [0.3, 0.4) is 0 Å². The highest BCUT2D eigenvalue weighted by Gasteiger charge is 2.22. The first-order valence-electron chi connectivity index (χ1n) is 6.08. The monoisotopic (exact) mass is 246 g/mol. The van der Waals surface area contributed by atoms with Gasteiger partial charge in [0.1, 0.15) is 5.75 Å². The van der Waals surface area contributed by atoms with Crippen molar-refractivity contribution in [3.05, 3.63) is 36.0 Å². The molecule has 0 heterocycles. The third-order valence-corrected chi connectivity index (χ3v) is 3.01. The van der Waals surface area contributed by atoms with Crippen LogP contribution in [-0.2, 0) is 0 Å². The number of urea groups is 1. The van der Waals surface area contributed by atoms with Crippen LogP contribution in [0.4, 0.5) is 10.5 Å². The molecule has 1 fully saturated rings. The Morgan fingerprint density at radius 3 is 2.78 bits per heavy atom. The summed E-state index contributed by atoms with van der Waals surface area (Å²) in [6.45, 7) is 2.04. The zero-order chi connectivity index (χ0) is 13.0. The summed E-state index contributed by atoms with van der Waals surface area (Å²) in [5.41, 5.74) is 1.89. The first-order chi connectivity index (χ1) is 8.70. The van der Waals surface area contributed by atoms with E-state index in [0.29, 0.717) is 17.4 Å². The average molecular weight is 246 g/mol. The third kappa shape index (κ3) is 3.26. The zero-order valence-corrected chi connectivity index (χ0v) is 10.7. The van der Waals surface area contributed by atoms with Crippen molar-refractivity contribution in [1.82, 2.24) is 5.32 Å². The van der Waals surface area contributed by atoms with Crippen molar-refractivity contribution in [2.45, 2.75) is 19.8 Å². The minimum absolute atomic E-state index is 0.250. The number of carbonyl (C=O) groups excluding carboxylic acids is 1. The predicted octanol–water partition coefficient (Wildman–Crippen LogP) is 3.13. The fourth-order valence-electron chi connectivity index (χ4n) is 1.74. The molecule has 0 aromatic heterocycles. The molecule has 4 heteroatoms. The van der Waals surface area contributed by atoms with Crippen LogP contribution in [0.25, 0.3) is 0 Å². The van der Waals surface area contributed by atoms with Gasteiger partial charge in [0.25, 0.3) is 0 Å². The number of allylic oxidation sites excluding steroid dienone is 1. The second-order valence-electron chi connectivity index (χ2n) is 4.46. The standard InChI is InChI=1S/C14H18N2O2/c1-10(11-7-8-11)9-15-14(17)16-12-5-3-4-6-13(12)18-2/h3-6,9,11H,7-8H2,1-2H3,(H2,15,16,17)/b10-9+. The Kier molecular flexibility index (Phi) is 3.87. The molecule has 0 spiro atoms. The molecule has 1 aliphatic carbocycles. The van der Waals surface area contributed by atoms with Gasteiger partial charge in [-0.15, -0.1) is 0 Å². The third-order valence-electron chi connectivity index (χ3n) is 3.01. The molecular formula is C14H18N2O2. The highest BCUT2D eigenvalue weighted by molar-refractivity contribution is 5.91. The van der Waals surface area contributed by atoms with E-state index in [-0.39, 0.29) is 6.03 Å². The topological polar surface area (TPSA) is 50.4 Å². The number of hydrogen-bond acceptors (Lipinski definition) is 2. The maximum Gasteiger partial charge on any atom is 0.323 e. The highest BCUT2D eigenvalue weighted by Crippen LogP contribution is 2.35. The van der Waals surface area contributed by atoms with E-state index < -0.39 is 0 Å². The number of anilines is 1. The van der Waals surface area contributed by atoms with Crippen molar-refractivity contribution < 1.29 is 9.53 Å². The minimum Gasteiger partial charge on any atom is -0.495 e. The van der Waals surface area contributed by atoms with Crippen LogP contribution in [0.2, 0.25) is 0 Å². The molecule has 2 rings (SSSR count). The van der Waals surface area contributed by atoms with Gasteiger partial charge in [-0.25, -0.2) is 4.79 Å². The van der Waals surface area contributed by atoms with Gasteiger partial charge < -0.3 is 15.4 Å². The first kappa shape index (κ1) is 12.5. The molecule has 0 bridgehead atoms. The number of rotatable bonds is 4. The van der Waals surface area contributed by atoms with Gasteiger partial charge in [-0.05, 0) is 37.8 Å². The fourth-order valence-corrected chi connectivity index (χ4v) is 1.74. The molecule has 2 amide bonds. The van der Waals surface area contributed by atoms with Crippen molar-refractivity contribution in [2.75, 3.05) is 12.4 Å². The van der Waals surface area contributed by atoms with Gasteiger partial charge in [-0.3, -0.25) is 0 Å². The van der Waals surface area contributed by atoms with Gasteiger partial charge in [0.05, 0.1) is 12.8 Å². The molecule has 0 saturated heterocycles. The van der Waals surface area contributed by atoms with Crippen molar-refractivity contribution in [3.63, 3.8) is 0 Å². The number of hydrogen-bond donors (Lipinski definition) is 2. The van der Waals surface area contributed by atoms with E-state index in [0.717, 1.165) is 0 Å². The molecule has 0 unspecified atom stereocenters. The molecule has 2 N–H and O–H groups in total. The summed E-state index contributed by atoms with van der Waals surface area (Å²) >= 11 is 0. The number of amides is 2. The molecule has 0 radical (unpaired) electrons. The molecular weight excluding hydrogens is 228 g/mol. The van der Waals surface area contributed by atoms with Gasteiger partial charge in [0, 0.05) is 6.20 Å². The molecule has 1 aromatic rings. The fraction of sp³-hybridized carbons (Fsp3) is 0.357. The molecule has 1 aliphatic rings. The summed E-state index contributed by atoms with van der Waals surface area (Å²) in [6.07, 6.45) is 4.25. The van der Waals surface area contributed by atoms with Crippen LogP contribution < -0.4 is 15.4 Å². The van der Waals surface area contributed by atoms with Crippen LogP contribution in [0.5, 0.6) is 5.75 Å². The number of para-hydroxylation sites is 2. The summed E-state index contributed by atoms with van der Waals surface area (Å²) in [5.74, 6) is 1.31. The lowest BCUT2D eigenvalue weighted by atomic mass is 10.2. The highest BCUT2D eigenvalue weighted by atomic mass is 16.5. The second kappa shape index (κ2) is 5.58. The maximum atomic E-state index is 11.7. The molecule has 0 aliphatic heterocycles. The van der Waals surface area contributed by atoms with Crippen LogP contribution in [0, 0.1) is 5.92 Å². The molecule has 1 saturated carbocycles. The van der Waals surface area contributed by atoms with Gasteiger partial charge >= 0.3 is 6.03 Å². The van der Waals surface area contributed by atoms with Gasteiger partial charge in [0.2, 0.25) is 0 Å². The number of ether oxygens (including phenoxy) is 1. The maximum absolute atomic E-state index is 11.7. The Hall–Kier alpha value is -1.97. The second-order valence-corrected chi connectivity index (χ2v) is 4.46. The van der Waals surface area contributed by atoms with Gasteiger partial charge in [0.15, 0.2) is 0 Å². The number of carbonyl (C=O) groups is 1. The Bertz CT molecular complexity index is 465. The quantitative estimate of drug-likeness (QED) is 0.857. The molecule has 4 nitrogen and oxygen atoms in total. The molecule has 1 aromatic carbocycles. The van der Waals surface area contributed by atoms with Crippen LogP contribution in [0.1, 0.15) is 19.8 Å². The van der Waals surface area contributed by atoms with Crippen LogP contribution in [-0.4, -0.2) is 13.1 Å². The van der Waals surface area contributed by atoms with E-state index in [4.69, 9.17) is 4.74 Å². The van der Waals surface area contributed by atoms with Crippen LogP contribution in [0.15, 0.2) is 36.0 Å². The predicted molar refractivity (Wildman–Crippen MR) is 71.6 cm³/mol. The van der Waals surface area contributed by atoms with E-state index >= 15 is 0 Å². The van der Waals surface area contributed by atoms with E-state index in [1.807, 2.05) is 19.1 Å². The summed E-state index contributed by atoms with van der Waals surface area (Å²) in [7, 11) is 1.58. The normalized spacial score (nSPS) is 15.1. The van der Waals surface area contributed by atoms with Crippen molar-refractivity contribution in [1.29, 1.82) is 0 Å². The van der Waals surface area contributed by atoms with E-state index in [1.54, 1.807) is 25.4 Å². The van der Waals surface area contributed by atoms with Crippen molar-refractivity contribution in [2.24, 2.45) is 5.92 Å². The minimum atomic E-state index is -0.250. The Morgan fingerprint density at radius 1 is 1.39 bits per heavy atom. The lowest BCUT2D eigenvalue weighted by Crippen LogP contribution is -2.24. The smallest absolute Gasteiger partial charge is 0.323 e. The van der Waals surface area contributed by atoms with E-state index in [9.17, 15) is 4.79 Å². The van der Waals surface area contributed by atoms with Crippen molar-refractivity contribution in [3.8, 4) is 5.75 Å². The summed E-state index contributed by atoms with van der Waals surface area (Å²) in [6, 6.07) is 7.07. The van der Waals surface area contributed by atoms with Crippen molar-refractivity contribution >= 4 is 11.7 Å². The molecule has 96 valence electrons. The van der Waals surface area contributed by atoms with Gasteiger partial charge in [-0.1, -0.05) is 17.7 Å². The average Bonchev–Trinajstić information content (AvgIpc) is 3.21.